The normalized spacial score (nSPS) is 10.5. The van der Waals surface area contributed by atoms with Crippen LogP contribution < -0.4 is 5.32 Å². The second-order valence-corrected chi connectivity index (χ2v) is 4.48. The van der Waals surface area contributed by atoms with E-state index in [1.54, 1.807) is 12.1 Å². The van der Waals surface area contributed by atoms with Crippen molar-refractivity contribution in [2.24, 2.45) is 5.92 Å². The van der Waals surface area contributed by atoms with Crippen molar-refractivity contribution in [2.45, 2.75) is 39.5 Å². The summed E-state index contributed by atoms with van der Waals surface area (Å²) in [6, 6.07) is 4.56. The third kappa shape index (κ3) is 4.69. The van der Waals surface area contributed by atoms with Gasteiger partial charge in [-0.2, -0.15) is 0 Å². The lowest BCUT2D eigenvalue weighted by molar-refractivity contribution is -0.120. The highest BCUT2D eigenvalue weighted by Gasteiger charge is 2.17. The molecule has 1 heterocycles. The van der Waals surface area contributed by atoms with E-state index in [-0.39, 0.29) is 17.5 Å². The number of carboxylic acid groups (broad SMARTS) is 1. The van der Waals surface area contributed by atoms with Gasteiger partial charge in [-0.3, -0.25) is 4.79 Å². The number of amides is 1. The molecule has 1 rings (SSSR count). The molecule has 0 atom stereocenters. The summed E-state index contributed by atoms with van der Waals surface area (Å²) in [5, 5.41) is 11.5. The van der Waals surface area contributed by atoms with E-state index in [9.17, 15) is 9.59 Å². The standard InChI is InChI=1S/C14H20N2O3/c1-3-6-10(7-4-2)13(17)16-12-9-5-8-11(15-12)14(18)19/h5,8-10H,3-4,6-7H2,1-2H3,(H,18,19)(H,15,16,17). The van der Waals surface area contributed by atoms with Gasteiger partial charge < -0.3 is 10.4 Å². The van der Waals surface area contributed by atoms with Crippen LogP contribution in [-0.2, 0) is 4.79 Å². The van der Waals surface area contributed by atoms with Crippen LogP contribution in [0, 0.1) is 5.92 Å². The van der Waals surface area contributed by atoms with Crippen molar-refractivity contribution < 1.29 is 14.7 Å². The molecule has 1 aromatic rings. The third-order valence-electron chi connectivity index (χ3n) is 2.86. The minimum absolute atomic E-state index is 0.0368. The zero-order chi connectivity index (χ0) is 14.3. The van der Waals surface area contributed by atoms with Crippen LogP contribution in [0.2, 0.25) is 0 Å². The summed E-state index contributed by atoms with van der Waals surface area (Å²) in [6.07, 6.45) is 3.55. The number of carboxylic acids is 1. The Balaban J connectivity index is 2.74. The molecule has 5 nitrogen and oxygen atoms in total. The molecule has 2 N–H and O–H groups in total. The van der Waals surface area contributed by atoms with Gasteiger partial charge in [-0.05, 0) is 25.0 Å². The molecule has 19 heavy (non-hydrogen) atoms. The first kappa shape index (κ1) is 15.1. The number of aromatic nitrogens is 1. The summed E-state index contributed by atoms with van der Waals surface area (Å²) in [7, 11) is 0. The van der Waals surface area contributed by atoms with E-state index < -0.39 is 5.97 Å². The number of carbonyl (C=O) groups is 2. The van der Waals surface area contributed by atoms with E-state index in [1.807, 2.05) is 13.8 Å². The number of anilines is 1. The predicted molar refractivity (Wildman–Crippen MR) is 73.1 cm³/mol. The van der Waals surface area contributed by atoms with Crippen molar-refractivity contribution in [1.82, 2.24) is 4.98 Å². The maximum absolute atomic E-state index is 12.1. The van der Waals surface area contributed by atoms with Gasteiger partial charge >= 0.3 is 5.97 Å². The molecule has 104 valence electrons. The van der Waals surface area contributed by atoms with E-state index in [2.05, 4.69) is 10.3 Å². The molecule has 0 saturated carbocycles. The lowest BCUT2D eigenvalue weighted by Crippen LogP contribution is -2.23. The van der Waals surface area contributed by atoms with Crippen LogP contribution in [0.3, 0.4) is 0 Å². The van der Waals surface area contributed by atoms with Crippen molar-refractivity contribution in [1.29, 1.82) is 0 Å². The van der Waals surface area contributed by atoms with Crippen molar-refractivity contribution in [2.75, 3.05) is 5.32 Å². The molecule has 0 aromatic carbocycles. The molecule has 0 aliphatic carbocycles. The van der Waals surface area contributed by atoms with Gasteiger partial charge in [0.05, 0.1) is 0 Å². The maximum Gasteiger partial charge on any atom is 0.354 e. The number of rotatable bonds is 7. The molecular formula is C14H20N2O3. The van der Waals surface area contributed by atoms with E-state index in [4.69, 9.17) is 5.11 Å². The van der Waals surface area contributed by atoms with Gasteiger partial charge in [0.1, 0.15) is 5.82 Å². The van der Waals surface area contributed by atoms with Crippen LogP contribution in [0.1, 0.15) is 50.0 Å². The molecule has 0 aliphatic heterocycles. The van der Waals surface area contributed by atoms with E-state index in [0.29, 0.717) is 5.82 Å². The molecule has 0 bridgehead atoms. The van der Waals surface area contributed by atoms with Crippen LogP contribution in [-0.4, -0.2) is 22.0 Å². The van der Waals surface area contributed by atoms with E-state index >= 15 is 0 Å². The molecule has 0 radical (unpaired) electrons. The fraction of sp³-hybridized carbons (Fsp3) is 0.500. The van der Waals surface area contributed by atoms with Crippen LogP contribution in [0.4, 0.5) is 5.82 Å². The number of nitrogens with zero attached hydrogens (tertiary/aromatic N) is 1. The van der Waals surface area contributed by atoms with Gasteiger partial charge in [0.15, 0.2) is 5.69 Å². The second kappa shape index (κ2) is 7.51. The molecule has 0 fully saturated rings. The number of nitrogens with one attached hydrogen (secondary N) is 1. The third-order valence-corrected chi connectivity index (χ3v) is 2.86. The minimum atomic E-state index is -1.10. The summed E-state index contributed by atoms with van der Waals surface area (Å²) in [6.45, 7) is 4.08. The monoisotopic (exact) mass is 264 g/mol. The molecule has 0 spiro atoms. The second-order valence-electron chi connectivity index (χ2n) is 4.48. The SMILES string of the molecule is CCCC(CCC)C(=O)Nc1cccc(C(=O)O)n1. The average Bonchev–Trinajstić information content (AvgIpc) is 2.38. The smallest absolute Gasteiger partial charge is 0.354 e. The highest BCUT2D eigenvalue weighted by Crippen LogP contribution is 2.16. The van der Waals surface area contributed by atoms with E-state index in [1.165, 1.54) is 6.07 Å². The Hall–Kier alpha value is -1.91. The summed E-state index contributed by atoms with van der Waals surface area (Å²) < 4.78 is 0. The van der Waals surface area contributed by atoms with Gasteiger partial charge in [0, 0.05) is 5.92 Å². The predicted octanol–water partition coefficient (Wildman–Crippen LogP) is 2.93. The number of pyridine rings is 1. The highest BCUT2D eigenvalue weighted by molar-refractivity contribution is 5.92. The molecule has 5 heteroatoms. The first-order chi connectivity index (χ1) is 9.08. The highest BCUT2D eigenvalue weighted by atomic mass is 16.4. The molecule has 0 saturated heterocycles. The fourth-order valence-corrected chi connectivity index (χ4v) is 1.96. The average molecular weight is 264 g/mol. The Morgan fingerprint density at radius 2 is 1.89 bits per heavy atom. The number of hydrogen-bond acceptors (Lipinski definition) is 3. The minimum Gasteiger partial charge on any atom is -0.477 e. The maximum atomic E-state index is 12.1. The zero-order valence-electron chi connectivity index (χ0n) is 11.3. The largest absolute Gasteiger partial charge is 0.477 e. The van der Waals surface area contributed by atoms with Crippen LogP contribution in [0.15, 0.2) is 18.2 Å². The lowest BCUT2D eigenvalue weighted by Gasteiger charge is -2.14. The Morgan fingerprint density at radius 1 is 1.26 bits per heavy atom. The molecule has 0 unspecified atom stereocenters. The summed E-state index contributed by atoms with van der Waals surface area (Å²) >= 11 is 0. The first-order valence-corrected chi connectivity index (χ1v) is 6.59. The van der Waals surface area contributed by atoms with Crippen LogP contribution >= 0.6 is 0 Å². The van der Waals surface area contributed by atoms with Crippen molar-refractivity contribution >= 4 is 17.7 Å². The van der Waals surface area contributed by atoms with Crippen molar-refractivity contribution in [3.63, 3.8) is 0 Å². The number of hydrogen-bond donors (Lipinski definition) is 2. The fourth-order valence-electron chi connectivity index (χ4n) is 1.96. The molecule has 1 aromatic heterocycles. The molecule has 0 aliphatic rings. The van der Waals surface area contributed by atoms with Gasteiger partial charge in [0.25, 0.3) is 0 Å². The van der Waals surface area contributed by atoms with Gasteiger partial charge in [0.2, 0.25) is 5.91 Å². The van der Waals surface area contributed by atoms with Crippen LogP contribution in [0.5, 0.6) is 0 Å². The zero-order valence-corrected chi connectivity index (χ0v) is 11.3. The van der Waals surface area contributed by atoms with Gasteiger partial charge in [-0.15, -0.1) is 0 Å². The summed E-state index contributed by atoms with van der Waals surface area (Å²) in [5.41, 5.74) is -0.0691. The number of carbonyl (C=O) groups excluding carboxylic acids is 1. The van der Waals surface area contributed by atoms with Gasteiger partial charge in [-0.1, -0.05) is 32.8 Å². The lowest BCUT2D eigenvalue weighted by atomic mass is 9.97. The Morgan fingerprint density at radius 3 is 2.42 bits per heavy atom. The summed E-state index contributed by atoms with van der Waals surface area (Å²) in [4.78, 5) is 26.8. The number of aromatic carboxylic acids is 1. The quantitative estimate of drug-likeness (QED) is 0.793. The van der Waals surface area contributed by atoms with E-state index in [0.717, 1.165) is 25.7 Å². The Labute approximate surface area is 113 Å². The van der Waals surface area contributed by atoms with Crippen LogP contribution in [0.25, 0.3) is 0 Å². The van der Waals surface area contributed by atoms with Crippen molar-refractivity contribution in [3.05, 3.63) is 23.9 Å². The Kier molecular flexibility index (Phi) is 5.99. The van der Waals surface area contributed by atoms with Crippen molar-refractivity contribution in [3.8, 4) is 0 Å². The molecule has 1 amide bonds. The summed E-state index contributed by atoms with van der Waals surface area (Å²) in [5.74, 6) is -0.930. The Bertz CT molecular complexity index is 440. The topological polar surface area (TPSA) is 79.3 Å². The van der Waals surface area contributed by atoms with Gasteiger partial charge in [-0.25, -0.2) is 9.78 Å². The molecular weight excluding hydrogens is 244 g/mol. The first-order valence-electron chi connectivity index (χ1n) is 6.59.